The molecule has 0 atom stereocenters. The minimum Gasteiger partial charge on any atom is -0.369 e. The maximum Gasteiger partial charge on any atom is 0.305 e. The molecule has 0 spiro atoms. The van der Waals surface area contributed by atoms with Gasteiger partial charge < -0.3 is 25.3 Å². The van der Waals surface area contributed by atoms with Crippen molar-refractivity contribution in [1.29, 1.82) is 0 Å². The Hall–Kier alpha value is -3.54. The van der Waals surface area contributed by atoms with E-state index in [0.717, 1.165) is 62.4 Å². The largest absolute Gasteiger partial charge is 0.369 e. The van der Waals surface area contributed by atoms with Crippen molar-refractivity contribution in [2.24, 2.45) is 0 Å². The normalized spacial score (nSPS) is 15.5. The lowest BCUT2D eigenvalue weighted by molar-refractivity contribution is -0.387. The van der Waals surface area contributed by atoms with Crippen LogP contribution in [0, 0.1) is 15.9 Å². The summed E-state index contributed by atoms with van der Waals surface area (Å²) in [5.74, 6) is 1.14. The zero-order chi connectivity index (χ0) is 25.5. The number of aromatic nitrogens is 2. The van der Waals surface area contributed by atoms with Crippen LogP contribution < -0.4 is 20.4 Å². The third-order valence-corrected chi connectivity index (χ3v) is 6.50. The minimum absolute atomic E-state index is 0.0544. The fourth-order valence-corrected chi connectivity index (χ4v) is 4.42. The van der Waals surface area contributed by atoms with Crippen molar-refractivity contribution in [1.82, 2.24) is 20.2 Å². The summed E-state index contributed by atoms with van der Waals surface area (Å²) in [7, 11) is 1.95. The lowest BCUT2D eigenvalue weighted by atomic mass is 10.2. The van der Waals surface area contributed by atoms with Gasteiger partial charge in [0, 0.05) is 70.1 Å². The Morgan fingerprint density at radius 1 is 1.06 bits per heavy atom. The van der Waals surface area contributed by atoms with Gasteiger partial charge in [-0.15, -0.1) is 0 Å². The highest BCUT2D eigenvalue weighted by atomic mass is 19.1. The second-order valence-corrected chi connectivity index (χ2v) is 9.21. The van der Waals surface area contributed by atoms with Crippen molar-refractivity contribution in [3.8, 4) is 0 Å². The predicted octanol–water partition coefficient (Wildman–Crippen LogP) is 2.50. The van der Waals surface area contributed by atoms with E-state index in [-0.39, 0.29) is 5.56 Å². The van der Waals surface area contributed by atoms with Crippen LogP contribution in [-0.4, -0.2) is 85.1 Å². The molecule has 1 aromatic carbocycles. The van der Waals surface area contributed by atoms with Crippen LogP contribution in [0.2, 0.25) is 0 Å². The molecule has 194 valence electrons. The Kier molecular flexibility index (Phi) is 8.47. The van der Waals surface area contributed by atoms with Gasteiger partial charge in [-0.2, -0.15) is 14.4 Å². The number of anilines is 3. The van der Waals surface area contributed by atoms with Gasteiger partial charge in [0.1, 0.15) is 11.6 Å². The summed E-state index contributed by atoms with van der Waals surface area (Å²) in [6.45, 7) is 6.35. The van der Waals surface area contributed by atoms with Crippen molar-refractivity contribution in [2.75, 3.05) is 74.5 Å². The van der Waals surface area contributed by atoms with Crippen LogP contribution in [0.5, 0.6) is 0 Å². The van der Waals surface area contributed by atoms with Crippen LogP contribution in [0.1, 0.15) is 36.0 Å². The van der Waals surface area contributed by atoms with E-state index < -0.39 is 22.3 Å². The maximum atomic E-state index is 13.5. The summed E-state index contributed by atoms with van der Waals surface area (Å²) >= 11 is 0. The number of amides is 1. The molecule has 0 saturated carbocycles. The second-order valence-electron chi connectivity index (χ2n) is 9.21. The highest BCUT2D eigenvalue weighted by molar-refractivity contribution is 5.94. The number of carbonyl (C=O) groups is 1. The average molecular weight is 501 g/mol. The average Bonchev–Trinajstić information content (AvgIpc) is 3.59. The molecule has 0 aliphatic carbocycles. The number of nitro groups is 1. The van der Waals surface area contributed by atoms with Crippen molar-refractivity contribution in [3.63, 3.8) is 0 Å². The van der Waals surface area contributed by atoms with Crippen LogP contribution in [-0.2, 0) is 0 Å². The molecule has 1 aromatic heterocycles. The Labute approximate surface area is 209 Å². The highest BCUT2D eigenvalue weighted by Gasteiger charge is 2.21. The molecule has 0 unspecified atom stereocenters. The summed E-state index contributed by atoms with van der Waals surface area (Å²) < 4.78 is 13.5. The molecule has 3 heterocycles. The molecule has 2 N–H and O–H groups in total. The SMILES string of the molecule is CN(CCNC(=O)c1ccc(F)c([N+](=O)[O-])c1)CCNc1cc(N2CCCC2)nc(N2CCCC2)n1. The number of benzene rings is 1. The Bertz CT molecular complexity index is 1040. The van der Waals surface area contributed by atoms with E-state index in [2.05, 4.69) is 25.3 Å². The predicted molar refractivity (Wildman–Crippen MR) is 136 cm³/mol. The van der Waals surface area contributed by atoms with Crippen LogP contribution in [0.15, 0.2) is 24.3 Å². The number of hydrogen-bond acceptors (Lipinski definition) is 9. The van der Waals surface area contributed by atoms with E-state index in [4.69, 9.17) is 9.97 Å². The Morgan fingerprint density at radius 2 is 1.72 bits per heavy atom. The molecular formula is C24H33FN8O3. The second kappa shape index (κ2) is 11.9. The van der Waals surface area contributed by atoms with Crippen molar-refractivity contribution >= 4 is 29.2 Å². The number of hydrogen-bond donors (Lipinski definition) is 2. The molecule has 12 heteroatoms. The summed E-state index contributed by atoms with van der Waals surface area (Å²) in [4.78, 5) is 38.5. The Balaban J connectivity index is 1.25. The van der Waals surface area contributed by atoms with Crippen LogP contribution in [0.4, 0.5) is 27.7 Å². The molecule has 2 fully saturated rings. The molecule has 0 bridgehead atoms. The van der Waals surface area contributed by atoms with Crippen molar-refractivity contribution in [3.05, 3.63) is 45.8 Å². The van der Waals surface area contributed by atoms with E-state index in [1.807, 2.05) is 13.1 Å². The first-order valence-electron chi connectivity index (χ1n) is 12.4. The lowest BCUT2D eigenvalue weighted by Gasteiger charge is -2.22. The molecule has 0 radical (unpaired) electrons. The monoisotopic (exact) mass is 500 g/mol. The standard InChI is InChI=1S/C24H33FN8O3/c1-30(15-9-27-23(34)18-6-7-19(25)20(16-18)33(35)36)14-8-26-21-17-22(31-10-2-3-11-31)29-24(28-21)32-12-4-5-13-32/h6-7,16-17H,2-5,8-15H2,1H3,(H,27,34)(H,26,28,29). The smallest absolute Gasteiger partial charge is 0.305 e. The Morgan fingerprint density at radius 3 is 2.42 bits per heavy atom. The number of rotatable bonds is 11. The molecule has 2 aliphatic heterocycles. The molecular weight excluding hydrogens is 467 g/mol. The van der Waals surface area contributed by atoms with E-state index in [1.165, 1.54) is 31.7 Å². The van der Waals surface area contributed by atoms with Crippen LogP contribution in [0.3, 0.4) is 0 Å². The number of nitrogens with one attached hydrogen (secondary N) is 2. The molecule has 2 aliphatic rings. The quantitative estimate of drug-likeness (QED) is 0.354. The van der Waals surface area contributed by atoms with Gasteiger partial charge in [0.25, 0.3) is 5.91 Å². The first-order valence-corrected chi connectivity index (χ1v) is 12.4. The summed E-state index contributed by atoms with van der Waals surface area (Å²) in [5.41, 5.74) is -0.657. The van der Waals surface area contributed by atoms with Gasteiger partial charge in [0.05, 0.1) is 4.92 Å². The van der Waals surface area contributed by atoms with E-state index in [9.17, 15) is 19.3 Å². The van der Waals surface area contributed by atoms with E-state index in [1.54, 1.807) is 0 Å². The molecule has 2 aromatic rings. The lowest BCUT2D eigenvalue weighted by Crippen LogP contribution is -2.35. The fraction of sp³-hybridized carbons (Fsp3) is 0.542. The third kappa shape index (κ3) is 6.56. The zero-order valence-corrected chi connectivity index (χ0v) is 20.6. The first-order chi connectivity index (χ1) is 17.4. The number of halogens is 1. The summed E-state index contributed by atoms with van der Waals surface area (Å²) in [6, 6.07) is 5.14. The number of likely N-dealkylation sites (N-methyl/N-ethyl adjacent to an activating group) is 1. The van der Waals surface area contributed by atoms with Crippen LogP contribution >= 0.6 is 0 Å². The summed E-state index contributed by atoms with van der Waals surface area (Å²) in [6.07, 6.45) is 4.70. The van der Waals surface area contributed by atoms with Gasteiger partial charge in [-0.05, 0) is 44.9 Å². The number of nitrogens with zero attached hydrogens (tertiary/aromatic N) is 6. The molecule has 4 rings (SSSR count). The molecule has 11 nitrogen and oxygen atoms in total. The zero-order valence-electron chi connectivity index (χ0n) is 20.6. The van der Waals surface area contributed by atoms with Gasteiger partial charge in [0.15, 0.2) is 0 Å². The van der Waals surface area contributed by atoms with Gasteiger partial charge in [-0.3, -0.25) is 14.9 Å². The molecule has 1 amide bonds. The minimum atomic E-state index is -0.965. The van der Waals surface area contributed by atoms with Gasteiger partial charge in [0.2, 0.25) is 11.8 Å². The van der Waals surface area contributed by atoms with Crippen LogP contribution in [0.25, 0.3) is 0 Å². The number of carbonyl (C=O) groups excluding carboxylic acids is 1. The number of nitro benzene ring substituents is 1. The third-order valence-electron chi connectivity index (χ3n) is 6.50. The molecule has 36 heavy (non-hydrogen) atoms. The van der Waals surface area contributed by atoms with E-state index >= 15 is 0 Å². The fourth-order valence-electron chi connectivity index (χ4n) is 4.42. The highest BCUT2D eigenvalue weighted by Crippen LogP contribution is 2.25. The van der Waals surface area contributed by atoms with Gasteiger partial charge in [-0.1, -0.05) is 0 Å². The van der Waals surface area contributed by atoms with Gasteiger partial charge >= 0.3 is 5.69 Å². The van der Waals surface area contributed by atoms with E-state index in [0.29, 0.717) is 19.6 Å². The summed E-state index contributed by atoms with van der Waals surface area (Å²) in [5, 5.41) is 17.0. The topological polar surface area (TPSA) is 120 Å². The van der Waals surface area contributed by atoms with Crippen molar-refractivity contribution < 1.29 is 14.1 Å². The maximum absolute atomic E-state index is 13.5. The van der Waals surface area contributed by atoms with Crippen molar-refractivity contribution in [2.45, 2.75) is 25.7 Å². The first kappa shape index (κ1) is 25.5. The molecule has 2 saturated heterocycles. The van der Waals surface area contributed by atoms with Gasteiger partial charge in [-0.25, -0.2) is 0 Å².